The maximum Gasteiger partial charge on any atom is 0.230 e. The molecule has 4 N–H and O–H groups in total. The molecule has 13 nitrogen and oxygen atoms in total. The Bertz CT molecular complexity index is 2210. The average Bonchev–Trinajstić information content (AvgIpc) is 3.61. The number of hydrogen-bond acceptors (Lipinski definition) is 12. The predicted molar refractivity (Wildman–Crippen MR) is 215 cm³/mol. The first-order valence-electron chi connectivity index (χ1n) is 18.4. The first-order valence-corrected chi connectivity index (χ1v) is 18.4. The van der Waals surface area contributed by atoms with Crippen LogP contribution >= 0.6 is 0 Å². The molecule has 1 atom stereocenters. The number of nitrogens with zero attached hydrogens (tertiary/aromatic N) is 5. The highest BCUT2D eigenvalue weighted by atomic mass is 16.5. The number of aromatic nitrogens is 4. The van der Waals surface area contributed by atoms with E-state index in [2.05, 4.69) is 51.6 Å². The van der Waals surface area contributed by atoms with Crippen LogP contribution in [-0.2, 0) is 10.2 Å². The second kappa shape index (κ2) is 16.6. The van der Waals surface area contributed by atoms with Crippen molar-refractivity contribution in [2.75, 3.05) is 62.5 Å². The molecule has 0 amide bonds. The summed E-state index contributed by atoms with van der Waals surface area (Å²) in [6, 6.07) is 28.9. The van der Waals surface area contributed by atoms with E-state index < -0.39 is 6.35 Å². The lowest BCUT2D eigenvalue weighted by molar-refractivity contribution is 0.0322. The van der Waals surface area contributed by atoms with Crippen molar-refractivity contribution >= 4 is 33.9 Å². The number of ether oxygens (including phenoxy) is 4. The minimum absolute atomic E-state index is 0.186. The summed E-state index contributed by atoms with van der Waals surface area (Å²) in [6.45, 7) is 13.1. The standard InChI is InChI=1S/C42H48N8O5/c1-28-10-12-30(13-11-28)50-38(27-37(48-50)42(2,3)4)46-41(51)45-35-14-15-36(34-9-7-6-8-33(34)35)55-39-16-17-43-40(47-39)44-29-24-31(52-5)26-32(25-29)54-23-20-49-18-21-53-22-19-49/h6-17,24-27,41,45-46,51H,18-23H2,1-5H3,(H,43,44,47). The van der Waals surface area contributed by atoms with Crippen LogP contribution in [0.1, 0.15) is 32.0 Å². The van der Waals surface area contributed by atoms with Gasteiger partial charge in [-0.15, -0.1) is 0 Å². The van der Waals surface area contributed by atoms with E-state index in [9.17, 15) is 5.11 Å². The minimum atomic E-state index is -1.13. The van der Waals surface area contributed by atoms with Gasteiger partial charge in [0.05, 0.1) is 31.7 Å². The maximum absolute atomic E-state index is 11.3. The van der Waals surface area contributed by atoms with Crippen molar-refractivity contribution in [3.05, 3.63) is 108 Å². The van der Waals surface area contributed by atoms with Crippen LogP contribution in [-0.4, -0.2) is 82.7 Å². The first-order chi connectivity index (χ1) is 26.6. The molecule has 1 saturated heterocycles. The fraction of sp³-hybridized carbons (Fsp3) is 0.310. The molecule has 1 aliphatic rings. The van der Waals surface area contributed by atoms with Gasteiger partial charge in [-0.2, -0.15) is 10.1 Å². The van der Waals surface area contributed by atoms with Gasteiger partial charge in [0.15, 0.2) is 0 Å². The summed E-state index contributed by atoms with van der Waals surface area (Å²) < 4.78 is 25.2. The molecule has 1 fully saturated rings. The highest BCUT2D eigenvalue weighted by Crippen LogP contribution is 2.35. The molecule has 3 heterocycles. The van der Waals surface area contributed by atoms with Crippen molar-refractivity contribution in [3.63, 3.8) is 0 Å². The van der Waals surface area contributed by atoms with E-state index in [1.54, 1.807) is 19.4 Å². The summed E-state index contributed by atoms with van der Waals surface area (Å²) in [5.74, 6) is 3.28. The molecule has 6 aromatic rings. The second-order valence-corrected chi connectivity index (χ2v) is 14.4. The quantitative estimate of drug-likeness (QED) is 0.0823. The van der Waals surface area contributed by atoms with Gasteiger partial charge in [0, 0.05) is 83.7 Å². The van der Waals surface area contributed by atoms with E-state index in [1.807, 2.05) is 96.5 Å². The van der Waals surface area contributed by atoms with E-state index in [0.29, 0.717) is 52.9 Å². The van der Waals surface area contributed by atoms with Gasteiger partial charge in [-0.1, -0.05) is 62.7 Å². The lowest BCUT2D eigenvalue weighted by Gasteiger charge is -2.26. The van der Waals surface area contributed by atoms with Crippen LogP contribution in [0.15, 0.2) is 97.2 Å². The molecule has 2 aromatic heterocycles. The van der Waals surface area contributed by atoms with E-state index in [-0.39, 0.29) is 5.41 Å². The van der Waals surface area contributed by atoms with E-state index in [1.165, 1.54) is 0 Å². The van der Waals surface area contributed by atoms with Crippen molar-refractivity contribution in [1.29, 1.82) is 0 Å². The van der Waals surface area contributed by atoms with E-state index >= 15 is 0 Å². The second-order valence-electron chi connectivity index (χ2n) is 14.4. The zero-order valence-corrected chi connectivity index (χ0v) is 31.9. The van der Waals surface area contributed by atoms with Gasteiger partial charge in [0.1, 0.15) is 29.7 Å². The van der Waals surface area contributed by atoms with E-state index in [4.69, 9.17) is 24.0 Å². The van der Waals surface area contributed by atoms with Gasteiger partial charge < -0.3 is 40.0 Å². The molecule has 1 aliphatic heterocycles. The van der Waals surface area contributed by atoms with Crippen LogP contribution in [0.3, 0.4) is 0 Å². The van der Waals surface area contributed by atoms with Gasteiger partial charge in [0.2, 0.25) is 18.2 Å². The third-order valence-corrected chi connectivity index (χ3v) is 9.21. The van der Waals surface area contributed by atoms with Crippen LogP contribution < -0.4 is 30.2 Å². The summed E-state index contributed by atoms with van der Waals surface area (Å²) in [7, 11) is 1.62. The van der Waals surface area contributed by atoms with Gasteiger partial charge in [-0.25, -0.2) is 9.67 Å². The number of hydrogen-bond donors (Lipinski definition) is 4. The summed E-state index contributed by atoms with van der Waals surface area (Å²) in [4.78, 5) is 11.4. The third-order valence-electron chi connectivity index (χ3n) is 9.21. The number of fused-ring (bicyclic) bond motifs is 1. The predicted octanol–water partition coefficient (Wildman–Crippen LogP) is 7.48. The molecule has 0 bridgehead atoms. The van der Waals surface area contributed by atoms with Gasteiger partial charge in [-0.05, 0) is 31.2 Å². The zero-order chi connectivity index (χ0) is 38.4. The zero-order valence-electron chi connectivity index (χ0n) is 31.9. The lowest BCUT2D eigenvalue weighted by atomic mass is 9.92. The smallest absolute Gasteiger partial charge is 0.230 e. The highest BCUT2D eigenvalue weighted by molar-refractivity contribution is 5.98. The van der Waals surface area contributed by atoms with Crippen molar-refractivity contribution < 1.29 is 24.1 Å². The summed E-state index contributed by atoms with van der Waals surface area (Å²) >= 11 is 0. The molecule has 4 aromatic carbocycles. The van der Waals surface area contributed by atoms with Crippen molar-refractivity contribution in [3.8, 4) is 28.8 Å². The molecule has 0 aliphatic carbocycles. The van der Waals surface area contributed by atoms with Gasteiger partial charge >= 0.3 is 0 Å². The number of aliphatic hydroxyl groups is 1. The third kappa shape index (κ3) is 9.44. The Morgan fingerprint density at radius 3 is 2.42 bits per heavy atom. The normalized spacial score (nSPS) is 14.0. The van der Waals surface area contributed by atoms with Gasteiger partial charge in [0.25, 0.3) is 0 Å². The number of benzene rings is 4. The Morgan fingerprint density at radius 1 is 0.891 bits per heavy atom. The minimum Gasteiger partial charge on any atom is -0.497 e. The Labute approximate surface area is 321 Å². The molecule has 1 unspecified atom stereocenters. The summed E-state index contributed by atoms with van der Waals surface area (Å²) in [6.07, 6.45) is 0.503. The Balaban J connectivity index is 1.05. The molecule has 286 valence electrons. The Kier molecular flexibility index (Phi) is 11.3. The first kappa shape index (κ1) is 37.4. The summed E-state index contributed by atoms with van der Waals surface area (Å²) in [5, 5.41) is 27.6. The largest absolute Gasteiger partial charge is 0.497 e. The van der Waals surface area contributed by atoms with Crippen LogP contribution in [0.25, 0.3) is 16.5 Å². The number of aryl methyl sites for hydroxylation is 1. The number of methoxy groups -OCH3 is 1. The van der Waals surface area contributed by atoms with Crippen LogP contribution in [0.5, 0.6) is 23.1 Å². The summed E-state index contributed by atoms with van der Waals surface area (Å²) in [5.41, 5.74) is 4.18. The van der Waals surface area contributed by atoms with Crippen LogP contribution in [0.2, 0.25) is 0 Å². The number of rotatable bonds is 14. The number of nitrogens with one attached hydrogen (secondary N) is 3. The topological polar surface area (TPSA) is 140 Å². The molecule has 13 heteroatoms. The Morgan fingerprint density at radius 2 is 1.65 bits per heavy atom. The number of aliphatic hydroxyl groups excluding tert-OH is 1. The van der Waals surface area contributed by atoms with Crippen molar-refractivity contribution in [1.82, 2.24) is 24.6 Å². The van der Waals surface area contributed by atoms with Crippen LogP contribution in [0.4, 0.5) is 23.1 Å². The Hall–Kier alpha value is -5.89. The van der Waals surface area contributed by atoms with E-state index in [0.717, 1.165) is 60.6 Å². The molecule has 7 rings (SSSR count). The van der Waals surface area contributed by atoms with Crippen molar-refractivity contribution in [2.24, 2.45) is 0 Å². The highest BCUT2D eigenvalue weighted by Gasteiger charge is 2.22. The molecular weight excluding hydrogens is 697 g/mol. The van der Waals surface area contributed by atoms with Crippen LogP contribution in [0, 0.1) is 6.92 Å². The van der Waals surface area contributed by atoms with Crippen molar-refractivity contribution in [2.45, 2.75) is 39.5 Å². The molecule has 0 spiro atoms. The molecule has 55 heavy (non-hydrogen) atoms. The number of anilines is 4. The number of morpholine rings is 1. The maximum atomic E-state index is 11.3. The SMILES string of the molecule is COc1cc(Nc2nccc(Oc3ccc(NC(O)Nc4cc(C(C)(C)C)nn4-c4ccc(C)cc4)c4ccccc34)n2)cc(OCCN2CCOCC2)c1. The van der Waals surface area contributed by atoms with Gasteiger partial charge in [-0.3, -0.25) is 4.90 Å². The monoisotopic (exact) mass is 744 g/mol. The molecule has 0 radical (unpaired) electrons. The molecule has 0 saturated carbocycles. The fourth-order valence-electron chi connectivity index (χ4n) is 6.21. The fourth-order valence-corrected chi connectivity index (χ4v) is 6.21. The average molecular weight is 745 g/mol. The lowest BCUT2D eigenvalue weighted by Crippen LogP contribution is -2.38. The molecular formula is C42H48N8O5.